The summed E-state index contributed by atoms with van der Waals surface area (Å²) in [7, 11) is 0. The predicted octanol–water partition coefficient (Wildman–Crippen LogP) is 5.54. The van der Waals surface area contributed by atoms with Crippen LogP contribution in [0.4, 0.5) is 5.69 Å². The maximum absolute atomic E-state index is 12.4. The van der Waals surface area contributed by atoms with Crippen LogP contribution in [-0.2, 0) is 4.79 Å². The van der Waals surface area contributed by atoms with Gasteiger partial charge in [-0.05, 0) is 55.5 Å². The lowest BCUT2D eigenvalue weighted by molar-refractivity contribution is -0.112. The normalized spacial score (nSPS) is 11.0. The molecule has 1 aromatic heterocycles. The summed E-state index contributed by atoms with van der Waals surface area (Å²) in [5.41, 5.74) is 1.22. The largest absolute Gasteiger partial charge is 0.494 e. The van der Waals surface area contributed by atoms with E-state index in [2.05, 4.69) is 5.32 Å². The van der Waals surface area contributed by atoms with Crippen molar-refractivity contribution in [3.63, 3.8) is 0 Å². The summed E-state index contributed by atoms with van der Waals surface area (Å²) < 4.78 is 11.1. The number of hydrogen-bond donors (Lipinski definition) is 1. The second-order valence-electron chi connectivity index (χ2n) is 5.76. The van der Waals surface area contributed by atoms with Gasteiger partial charge in [0.25, 0.3) is 5.91 Å². The van der Waals surface area contributed by atoms with E-state index in [4.69, 9.17) is 20.8 Å². The number of benzene rings is 2. The fraction of sp³-hybridized carbons (Fsp3) is 0.0909. The number of nitrogens with one attached hydrogen (secondary N) is 1. The standard InChI is InChI=1S/C22H17ClN2O3/c1-2-27-17-9-7-16(8-10-17)25-22(26)15(14-24)13-18-11-12-21(28-18)19-5-3-4-6-20(19)23/h3-13H,2H2,1H3,(H,25,26)/b15-13+. The number of rotatable bonds is 6. The SMILES string of the molecule is CCOc1ccc(NC(=O)/C(C#N)=C/c2ccc(-c3ccccc3Cl)o2)cc1. The minimum atomic E-state index is -0.526. The lowest BCUT2D eigenvalue weighted by Crippen LogP contribution is -2.13. The molecule has 140 valence electrons. The highest BCUT2D eigenvalue weighted by molar-refractivity contribution is 6.33. The zero-order valence-corrected chi connectivity index (χ0v) is 15.9. The Bertz CT molecular complexity index is 1050. The van der Waals surface area contributed by atoms with Crippen molar-refractivity contribution in [1.29, 1.82) is 5.26 Å². The van der Waals surface area contributed by atoms with Crippen molar-refractivity contribution in [2.24, 2.45) is 0 Å². The van der Waals surface area contributed by atoms with Gasteiger partial charge in [-0.1, -0.05) is 23.7 Å². The van der Waals surface area contributed by atoms with Crippen LogP contribution in [0.3, 0.4) is 0 Å². The Hall–Kier alpha value is -3.49. The molecule has 3 aromatic rings. The molecule has 0 radical (unpaired) electrons. The minimum absolute atomic E-state index is 0.0751. The smallest absolute Gasteiger partial charge is 0.266 e. The van der Waals surface area contributed by atoms with Crippen LogP contribution in [0, 0.1) is 11.3 Å². The zero-order valence-electron chi connectivity index (χ0n) is 15.1. The van der Waals surface area contributed by atoms with E-state index in [1.807, 2.05) is 31.2 Å². The maximum atomic E-state index is 12.4. The number of anilines is 1. The molecule has 0 aliphatic rings. The molecule has 2 aromatic carbocycles. The van der Waals surface area contributed by atoms with Crippen molar-refractivity contribution in [2.45, 2.75) is 6.92 Å². The van der Waals surface area contributed by atoms with Gasteiger partial charge in [0.15, 0.2) is 0 Å². The molecular weight excluding hydrogens is 376 g/mol. The molecule has 28 heavy (non-hydrogen) atoms. The first-order chi connectivity index (χ1) is 13.6. The molecule has 1 N–H and O–H groups in total. The predicted molar refractivity (Wildman–Crippen MR) is 109 cm³/mol. The molecule has 6 heteroatoms. The van der Waals surface area contributed by atoms with Crippen molar-refractivity contribution in [3.8, 4) is 23.1 Å². The second kappa shape index (κ2) is 8.94. The van der Waals surface area contributed by atoms with E-state index in [0.717, 1.165) is 5.56 Å². The van der Waals surface area contributed by atoms with Crippen LogP contribution >= 0.6 is 11.6 Å². The summed E-state index contributed by atoms with van der Waals surface area (Å²) in [5.74, 6) is 1.12. The molecule has 0 unspecified atom stereocenters. The van der Waals surface area contributed by atoms with Crippen LogP contribution in [0.1, 0.15) is 12.7 Å². The van der Waals surface area contributed by atoms with Gasteiger partial charge in [0.05, 0.1) is 11.6 Å². The Kier molecular flexibility index (Phi) is 6.15. The molecular formula is C22H17ClN2O3. The Morgan fingerprint density at radius 1 is 1.18 bits per heavy atom. The van der Waals surface area contributed by atoms with E-state index < -0.39 is 5.91 Å². The Morgan fingerprint density at radius 3 is 2.61 bits per heavy atom. The number of ether oxygens (including phenoxy) is 1. The van der Waals surface area contributed by atoms with Crippen LogP contribution in [-0.4, -0.2) is 12.5 Å². The first-order valence-electron chi connectivity index (χ1n) is 8.61. The number of nitriles is 1. The molecule has 0 fully saturated rings. The van der Waals surface area contributed by atoms with Gasteiger partial charge in [-0.2, -0.15) is 5.26 Å². The van der Waals surface area contributed by atoms with Gasteiger partial charge in [0, 0.05) is 17.3 Å². The molecule has 0 atom stereocenters. The summed E-state index contributed by atoms with van der Waals surface area (Å²) in [4.78, 5) is 12.4. The van der Waals surface area contributed by atoms with E-state index in [0.29, 0.717) is 34.6 Å². The number of amides is 1. The van der Waals surface area contributed by atoms with Crippen LogP contribution in [0.25, 0.3) is 17.4 Å². The number of carbonyl (C=O) groups excluding carboxylic acids is 1. The average Bonchev–Trinajstić information content (AvgIpc) is 3.16. The molecule has 3 rings (SSSR count). The third-order valence-electron chi connectivity index (χ3n) is 3.84. The molecule has 0 bridgehead atoms. The van der Waals surface area contributed by atoms with Crippen molar-refractivity contribution < 1.29 is 13.9 Å². The molecule has 0 saturated heterocycles. The minimum Gasteiger partial charge on any atom is -0.494 e. The van der Waals surface area contributed by atoms with Gasteiger partial charge in [-0.25, -0.2) is 0 Å². The summed E-state index contributed by atoms with van der Waals surface area (Å²) >= 11 is 6.17. The van der Waals surface area contributed by atoms with Gasteiger partial charge in [0.1, 0.15) is 28.9 Å². The van der Waals surface area contributed by atoms with Crippen LogP contribution in [0.2, 0.25) is 5.02 Å². The van der Waals surface area contributed by atoms with Crippen molar-refractivity contribution >= 4 is 29.3 Å². The average molecular weight is 393 g/mol. The molecule has 5 nitrogen and oxygen atoms in total. The van der Waals surface area contributed by atoms with E-state index in [-0.39, 0.29) is 5.57 Å². The Balaban J connectivity index is 1.76. The highest BCUT2D eigenvalue weighted by Crippen LogP contribution is 2.29. The number of hydrogen-bond acceptors (Lipinski definition) is 4. The third kappa shape index (κ3) is 4.61. The Morgan fingerprint density at radius 2 is 1.93 bits per heavy atom. The monoisotopic (exact) mass is 392 g/mol. The lowest BCUT2D eigenvalue weighted by Gasteiger charge is -2.06. The molecule has 0 saturated carbocycles. The summed E-state index contributed by atoms with van der Waals surface area (Å²) in [6.07, 6.45) is 1.39. The van der Waals surface area contributed by atoms with E-state index in [9.17, 15) is 10.1 Å². The van der Waals surface area contributed by atoms with Gasteiger partial charge in [-0.15, -0.1) is 0 Å². The van der Waals surface area contributed by atoms with Gasteiger partial charge in [-0.3, -0.25) is 4.79 Å². The van der Waals surface area contributed by atoms with Gasteiger partial charge < -0.3 is 14.5 Å². The first-order valence-corrected chi connectivity index (χ1v) is 8.99. The van der Waals surface area contributed by atoms with Crippen LogP contribution in [0.15, 0.2) is 70.7 Å². The first kappa shape index (κ1) is 19.3. The molecule has 0 aliphatic carbocycles. The molecule has 1 heterocycles. The zero-order chi connectivity index (χ0) is 19.9. The number of carbonyl (C=O) groups is 1. The van der Waals surface area contributed by atoms with E-state index in [1.54, 1.807) is 42.5 Å². The van der Waals surface area contributed by atoms with Crippen molar-refractivity contribution in [3.05, 3.63) is 77.0 Å². The highest BCUT2D eigenvalue weighted by Gasteiger charge is 2.12. The van der Waals surface area contributed by atoms with Gasteiger partial charge in [0.2, 0.25) is 0 Å². The highest BCUT2D eigenvalue weighted by atomic mass is 35.5. The number of furan rings is 1. The summed E-state index contributed by atoms with van der Waals surface area (Å²) in [6.45, 7) is 2.46. The summed E-state index contributed by atoms with van der Waals surface area (Å²) in [5, 5.41) is 12.6. The maximum Gasteiger partial charge on any atom is 0.266 e. The quantitative estimate of drug-likeness (QED) is 0.441. The topological polar surface area (TPSA) is 75.3 Å². The van der Waals surface area contributed by atoms with Crippen LogP contribution < -0.4 is 10.1 Å². The lowest BCUT2D eigenvalue weighted by atomic mass is 10.2. The van der Waals surface area contributed by atoms with Crippen molar-refractivity contribution in [2.75, 3.05) is 11.9 Å². The molecule has 1 amide bonds. The van der Waals surface area contributed by atoms with Gasteiger partial charge >= 0.3 is 0 Å². The van der Waals surface area contributed by atoms with E-state index >= 15 is 0 Å². The molecule has 0 spiro atoms. The molecule has 0 aliphatic heterocycles. The third-order valence-corrected chi connectivity index (χ3v) is 4.17. The summed E-state index contributed by atoms with van der Waals surface area (Å²) in [6, 6.07) is 19.5. The fourth-order valence-electron chi connectivity index (χ4n) is 2.53. The van der Waals surface area contributed by atoms with E-state index in [1.165, 1.54) is 6.08 Å². The van der Waals surface area contributed by atoms with Crippen molar-refractivity contribution in [1.82, 2.24) is 0 Å². The second-order valence-corrected chi connectivity index (χ2v) is 6.17. The Labute approximate surface area is 167 Å². The number of nitrogens with zero attached hydrogens (tertiary/aromatic N) is 1. The van der Waals surface area contributed by atoms with Crippen LogP contribution in [0.5, 0.6) is 5.75 Å². The fourth-order valence-corrected chi connectivity index (χ4v) is 2.76. The number of halogens is 1.